The van der Waals surface area contributed by atoms with Gasteiger partial charge in [0.15, 0.2) is 0 Å². The van der Waals surface area contributed by atoms with Gasteiger partial charge >= 0.3 is 0 Å². The van der Waals surface area contributed by atoms with Crippen LogP contribution in [-0.2, 0) is 19.6 Å². The highest BCUT2D eigenvalue weighted by molar-refractivity contribution is 7.88. The standard InChI is InChI=1S/C7H17N3O4S/c1-15(12,13)10-4-3-9-7(11)6-14-5-2-8/h10H,2-6,8H2,1H3,(H,9,11). The van der Waals surface area contributed by atoms with E-state index >= 15 is 0 Å². The molecular weight excluding hydrogens is 222 g/mol. The number of amides is 1. The number of ether oxygens (including phenoxy) is 1. The van der Waals surface area contributed by atoms with Gasteiger partial charge in [-0.05, 0) is 0 Å². The molecule has 0 aliphatic heterocycles. The van der Waals surface area contributed by atoms with Crippen molar-refractivity contribution < 1.29 is 17.9 Å². The second kappa shape index (κ2) is 7.57. The van der Waals surface area contributed by atoms with E-state index in [9.17, 15) is 13.2 Å². The second-order valence-corrected chi connectivity index (χ2v) is 4.69. The molecule has 0 fully saturated rings. The molecule has 0 atom stereocenters. The van der Waals surface area contributed by atoms with Crippen LogP contribution in [0.2, 0.25) is 0 Å². The fourth-order valence-electron chi connectivity index (χ4n) is 0.738. The smallest absolute Gasteiger partial charge is 0.246 e. The van der Waals surface area contributed by atoms with Crippen molar-refractivity contribution in [2.24, 2.45) is 5.73 Å². The third-order valence-electron chi connectivity index (χ3n) is 1.31. The normalized spacial score (nSPS) is 11.3. The lowest BCUT2D eigenvalue weighted by molar-refractivity contribution is -0.125. The average Bonchev–Trinajstić information content (AvgIpc) is 2.11. The highest BCUT2D eigenvalue weighted by Gasteiger charge is 2.02. The molecule has 1 amide bonds. The van der Waals surface area contributed by atoms with E-state index in [4.69, 9.17) is 10.5 Å². The number of nitrogens with two attached hydrogens (primary N) is 1. The minimum Gasteiger partial charge on any atom is -0.370 e. The van der Waals surface area contributed by atoms with E-state index in [1.807, 2.05) is 0 Å². The zero-order valence-corrected chi connectivity index (χ0v) is 9.47. The van der Waals surface area contributed by atoms with E-state index in [1.165, 1.54) is 0 Å². The van der Waals surface area contributed by atoms with Crippen LogP contribution in [0.4, 0.5) is 0 Å². The van der Waals surface area contributed by atoms with Crippen molar-refractivity contribution in [3.8, 4) is 0 Å². The van der Waals surface area contributed by atoms with E-state index in [-0.39, 0.29) is 25.6 Å². The fourth-order valence-corrected chi connectivity index (χ4v) is 1.21. The van der Waals surface area contributed by atoms with Crippen LogP contribution in [0.5, 0.6) is 0 Å². The summed E-state index contributed by atoms with van der Waals surface area (Å²) in [5, 5.41) is 2.48. The molecule has 0 aromatic heterocycles. The lowest BCUT2D eigenvalue weighted by Crippen LogP contribution is -2.36. The first-order valence-corrected chi connectivity index (χ1v) is 6.34. The maximum absolute atomic E-state index is 11.0. The Morgan fingerprint density at radius 3 is 2.60 bits per heavy atom. The molecule has 0 aromatic rings. The van der Waals surface area contributed by atoms with Gasteiger partial charge < -0.3 is 15.8 Å². The van der Waals surface area contributed by atoms with Gasteiger partial charge in [-0.1, -0.05) is 0 Å². The average molecular weight is 239 g/mol. The molecule has 0 aromatic carbocycles. The summed E-state index contributed by atoms with van der Waals surface area (Å²) in [6, 6.07) is 0. The minimum atomic E-state index is -3.19. The van der Waals surface area contributed by atoms with Crippen molar-refractivity contribution in [3.63, 3.8) is 0 Å². The van der Waals surface area contributed by atoms with Crippen LogP contribution < -0.4 is 15.8 Å². The molecule has 0 bridgehead atoms. The van der Waals surface area contributed by atoms with Crippen LogP contribution in [0.25, 0.3) is 0 Å². The molecular formula is C7H17N3O4S. The quantitative estimate of drug-likeness (QED) is 0.410. The second-order valence-electron chi connectivity index (χ2n) is 2.86. The highest BCUT2D eigenvalue weighted by Crippen LogP contribution is 1.74. The van der Waals surface area contributed by atoms with Crippen molar-refractivity contribution >= 4 is 15.9 Å². The van der Waals surface area contributed by atoms with Gasteiger partial charge in [0.05, 0.1) is 12.9 Å². The number of sulfonamides is 1. The summed E-state index contributed by atoms with van der Waals surface area (Å²) in [4.78, 5) is 11.0. The van der Waals surface area contributed by atoms with E-state index in [2.05, 4.69) is 10.0 Å². The summed E-state index contributed by atoms with van der Waals surface area (Å²) in [5.41, 5.74) is 5.15. The maximum Gasteiger partial charge on any atom is 0.246 e. The molecule has 0 saturated heterocycles. The predicted octanol–water partition coefficient (Wildman–Crippen LogP) is -2.37. The van der Waals surface area contributed by atoms with E-state index in [1.54, 1.807) is 0 Å². The first-order chi connectivity index (χ1) is 6.95. The Bertz CT molecular complexity index is 278. The van der Waals surface area contributed by atoms with Gasteiger partial charge in [-0.15, -0.1) is 0 Å². The summed E-state index contributed by atoms with van der Waals surface area (Å²) in [6.45, 7) is 1.04. The Morgan fingerprint density at radius 1 is 1.40 bits per heavy atom. The Labute approximate surface area is 89.4 Å². The maximum atomic E-state index is 11.0. The van der Waals surface area contributed by atoms with Crippen molar-refractivity contribution in [1.82, 2.24) is 10.0 Å². The molecule has 0 aliphatic carbocycles. The molecule has 0 aliphatic rings. The van der Waals surface area contributed by atoms with Crippen LogP contribution in [-0.4, -0.2) is 53.4 Å². The van der Waals surface area contributed by atoms with Crippen molar-refractivity contribution in [2.75, 3.05) is 39.1 Å². The summed E-state index contributed by atoms with van der Waals surface area (Å²) >= 11 is 0. The van der Waals surface area contributed by atoms with Crippen LogP contribution in [0.1, 0.15) is 0 Å². The summed E-state index contributed by atoms with van der Waals surface area (Å²) < 4.78 is 28.4. The summed E-state index contributed by atoms with van der Waals surface area (Å²) in [5.74, 6) is -0.293. The number of hydrogen-bond acceptors (Lipinski definition) is 5. The minimum absolute atomic E-state index is 0.0594. The predicted molar refractivity (Wildman–Crippen MR) is 55.7 cm³/mol. The van der Waals surface area contributed by atoms with Crippen LogP contribution in [0.15, 0.2) is 0 Å². The van der Waals surface area contributed by atoms with E-state index < -0.39 is 10.0 Å². The molecule has 8 heteroatoms. The molecule has 15 heavy (non-hydrogen) atoms. The van der Waals surface area contributed by atoms with Crippen molar-refractivity contribution in [3.05, 3.63) is 0 Å². The number of rotatable bonds is 8. The lowest BCUT2D eigenvalue weighted by atomic mass is 10.5. The van der Waals surface area contributed by atoms with Gasteiger partial charge in [0.2, 0.25) is 15.9 Å². The molecule has 0 spiro atoms. The first-order valence-electron chi connectivity index (χ1n) is 4.45. The SMILES string of the molecule is CS(=O)(=O)NCCNC(=O)COCCN. The van der Waals surface area contributed by atoms with Gasteiger partial charge in [0, 0.05) is 19.6 Å². The highest BCUT2D eigenvalue weighted by atomic mass is 32.2. The molecule has 0 unspecified atom stereocenters. The lowest BCUT2D eigenvalue weighted by Gasteiger charge is -2.05. The van der Waals surface area contributed by atoms with Crippen LogP contribution in [0.3, 0.4) is 0 Å². The fraction of sp³-hybridized carbons (Fsp3) is 0.857. The Kier molecular flexibility index (Phi) is 7.22. The molecule has 0 rings (SSSR count). The molecule has 0 heterocycles. The molecule has 90 valence electrons. The molecule has 0 saturated carbocycles. The number of carbonyl (C=O) groups excluding carboxylic acids is 1. The van der Waals surface area contributed by atoms with Gasteiger partial charge in [0.25, 0.3) is 0 Å². The molecule has 4 N–H and O–H groups in total. The number of nitrogens with one attached hydrogen (secondary N) is 2. The third-order valence-corrected chi connectivity index (χ3v) is 2.04. The Hall–Kier alpha value is -0.700. The third kappa shape index (κ3) is 11.2. The van der Waals surface area contributed by atoms with Crippen LogP contribution >= 0.6 is 0 Å². The van der Waals surface area contributed by atoms with Gasteiger partial charge in [-0.3, -0.25) is 4.79 Å². The van der Waals surface area contributed by atoms with Crippen LogP contribution in [0, 0.1) is 0 Å². The molecule has 7 nitrogen and oxygen atoms in total. The topological polar surface area (TPSA) is 111 Å². The molecule has 0 radical (unpaired) electrons. The zero-order valence-electron chi connectivity index (χ0n) is 8.65. The van der Waals surface area contributed by atoms with E-state index in [0.717, 1.165) is 6.26 Å². The monoisotopic (exact) mass is 239 g/mol. The van der Waals surface area contributed by atoms with Crippen molar-refractivity contribution in [2.45, 2.75) is 0 Å². The largest absolute Gasteiger partial charge is 0.370 e. The zero-order chi connectivity index (χ0) is 11.7. The van der Waals surface area contributed by atoms with Gasteiger partial charge in [-0.2, -0.15) is 0 Å². The Morgan fingerprint density at radius 2 is 2.07 bits per heavy atom. The van der Waals surface area contributed by atoms with E-state index in [0.29, 0.717) is 13.2 Å². The van der Waals surface area contributed by atoms with Gasteiger partial charge in [0.1, 0.15) is 6.61 Å². The Balaban J connectivity index is 3.39. The summed E-state index contributed by atoms with van der Waals surface area (Å²) in [6.07, 6.45) is 1.05. The number of carbonyl (C=O) groups is 1. The van der Waals surface area contributed by atoms with Gasteiger partial charge in [-0.25, -0.2) is 13.1 Å². The van der Waals surface area contributed by atoms with Crippen molar-refractivity contribution in [1.29, 1.82) is 0 Å². The number of hydrogen-bond donors (Lipinski definition) is 3. The summed E-state index contributed by atoms with van der Waals surface area (Å²) in [7, 11) is -3.19. The first kappa shape index (κ1) is 14.3.